The summed E-state index contributed by atoms with van der Waals surface area (Å²) < 4.78 is 0. The number of allylic oxidation sites excluding steroid dienone is 2. The van der Waals surface area contributed by atoms with Gasteiger partial charge in [0.25, 0.3) is 0 Å². The summed E-state index contributed by atoms with van der Waals surface area (Å²) >= 11 is 4.40. The van der Waals surface area contributed by atoms with E-state index >= 15 is 0 Å². The summed E-state index contributed by atoms with van der Waals surface area (Å²) in [5.74, 6) is 0.908. The van der Waals surface area contributed by atoms with E-state index in [1.165, 1.54) is 126 Å². The van der Waals surface area contributed by atoms with Crippen LogP contribution in [0.1, 0.15) is 206 Å². The molecule has 11 aromatic rings. The highest BCUT2D eigenvalue weighted by Gasteiger charge is 2.90. The predicted molar refractivity (Wildman–Crippen MR) is 315 cm³/mol. The largest absolute Gasteiger partial charge is 0.145 e. The molecule has 1 spiro atoms. The van der Waals surface area contributed by atoms with Gasteiger partial charge in [0.2, 0.25) is 0 Å². The number of hydrogen-bond donors (Lipinski definition) is 0. The fraction of sp³-hybridized carbons (Fsp3) is 0.437. The zero-order valence-corrected chi connectivity index (χ0v) is 45.2. The highest BCUT2D eigenvalue weighted by atomic mass is 32.1. The molecule has 0 radical (unpaired) electrons. The van der Waals surface area contributed by atoms with E-state index in [1.54, 1.807) is 139 Å². The molecule has 0 bridgehead atoms. The Morgan fingerprint density at radius 3 is 1.97 bits per heavy atom. The third-order valence-corrected chi connectivity index (χ3v) is 25.8. The summed E-state index contributed by atoms with van der Waals surface area (Å²) in [6.07, 6.45) is 33.6. The van der Waals surface area contributed by atoms with E-state index in [1.807, 2.05) is 11.1 Å². The molecule has 0 amide bonds. The van der Waals surface area contributed by atoms with E-state index in [2.05, 4.69) is 111 Å². The molecular weight excluding hydrogens is 917 g/mol. The zero-order chi connectivity index (χ0) is 47.8. The van der Waals surface area contributed by atoms with Crippen molar-refractivity contribution in [2.24, 2.45) is 10.8 Å². The zero-order valence-electron chi connectivity index (χ0n) is 43.6. The number of rotatable bonds is 21. The van der Waals surface area contributed by atoms with Gasteiger partial charge >= 0.3 is 0 Å². The number of aryl methyl sites for hydroxylation is 2. The molecule has 2 aromatic heterocycles. The molecule has 6 unspecified atom stereocenters. The lowest BCUT2D eigenvalue weighted by atomic mass is 9.53. The van der Waals surface area contributed by atoms with Crippen LogP contribution in [0.5, 0.6) is 0 Å². The maximum absolute atomic E-state index is 3.05. The fourth-order valence-electron chi connectivity index (χ4n) is 21.0. The molecule has 1 fully saturated rings. The van der Waals surface area contributed by atoms with Gasteiger partial charge < -0.3 is 0 Å². The third-order valence-electron chi connectivity index (χ3n) is 23.0. The number of unbranched alkanes of at least 4 members (excludes halogenated alkanes) is 12. The van der Waals surface area contributed by atoms with Crippen molar-refractivity contribution in [1.82, 2.24) is 0 Å². The van der Waals surface area contributed by atoms with Crippen LogP contribution in [-0.4, -0.2) is 0 Å². The lowest BCUT2D eigenvalue weighted by molar-refractivity contribution is 0.244. The Morgan fingerprint density at radius 1 is 0.521 bits per heavy atom. The van der Waals surface area contributed by atoms with Crippen molar-refractivity contribution in [3.8, 4) is 0 Å². The molecule has 9 aromatic carbocycles. The standard InChI is InChI=1S/C71H66S2/c1-5-9-11-13-15-17-19-21-45(46-24-22-43(7-3)72-46)68-32-39-28-36-27-37-31-42-35-69-34-41-30-38-29-40(33-68)52-49(38)55-53(41)67-64-57(55)59-58-56-54(48(36)51(39)62(58)66(68)63(52)59)50(37)61(60(56)64)65(42)71(67,69)70(69,47-25-23-44(8-4)73-47)26-20-18-16-14-12-10-6-2/h22-25,27-28,30-31,33,35,45,66H,5-21,26,29,32,34H2,1-4H3. The Balaban J connectivity index is 0.932. The van der Waals surface area contributed by atoms with Crippen molar-refractivity contribution in [2.45, 2.75) is 185 Å². The molecule has 19 rings (SSSR count). The van der Waals surface area contributed by atoms with Crippen molar-refractivity contribution in [2.75, 3.05) is 0 Å². The average molecular weight is 983 g/mol. The Hall–Kier alpha value is -4.76. The Morgan fingerprint density at radius 2 is 1.18 bits per heavy atom. The normalized spacial score (nSPS) is 26.0. The summed E-state index contributed by atoms with van der Waals surface area (Å²) in [5.41, 5.74) is 15.8. The quantitative estimate of drug-likeness (QED) is 0.0497. The minimum Gasteiger partial charge on any atom is -0.145 e. The summed E-state index contributed by atoms with van der Waals surface area (Å²) in [7, 11) is 0. The molecule has 2 heterocycles. The monoisotopic (exact) mass is 982 g/mol. The topological polar surface area (TPSA) is 0 Å². The minimum atomic E-state index is -0.0212. The van der Waals surface area contributed by atoms with Gasteiger partial charge in [0.15, 0.2) is 0 Å². The van der Waals surface area contributed by atoms with Crippen LogP contribution in [0.4, 0.5) is 0 Å². The smallest absolute Gasteiger partial charge is 0.0444 e. The molecule has 0 saturated heterocycles. The third kappa shape index (κ3) is 4.13. The van der Waals surface area contributed by atoms with Crippen LogP contribution in [0.2, 0.25) is 0 Å². The van der Waals surface area contributed by atoms with E-state index in [0.29, 0.717) is 11.8 Å². The van der Waals surface area contributed by atoms with Crippen molar-refractivity contribution >= 4 is 121 Å². The van der Waals surface area contributed by atoms with Crippen molar-refractivity contribution in [3.63, 3.8) is 0 Å². The van der Waals surface area contributed by atoms with E-state index in [4.69, 9.17) is 0 Å². The van der Waals surface area contributed by atoms with Gasteiger partial charge in [0.05, 0.1) is 0 Å². The highest BCUT2D eigenvalue weighted by Crippen LogP contribution is 2.91. The van der Waals surface area contributed by atoms with Crippen LogP contribution in [0, 0.1) is 10.8 Å². The molecular formula is C71H66S2. The van der Waals surface area contributed by atoms with Crippen LogP contribution >= 0.6 is 22.7 Å². The number of hydrogen-bond acceptors (Lipinski definition) is 2. The summed E-state index contributed by atoms with van der Waals surface area (Å²) in [6, 6.07) is 21.5. The number of thiophene rings is 2. The van der Waals surface area contributed by atoms with E-state index in [-0.39, 0.29) is 21.7 Å². The van der Waals surface area contributed by atoms with Gasteiger partial charge in [-0.25, -0.2) is 0 Å². The molecule has 73 heavy (non-hydrogen) atoms. The summed E-state index contributed by atoms with van der Waals surface area (Å²) in [4.78, 5) is 6.55. The predicted octanol–water partition coefficient (Wildman–Crippen LogP) is 19.5. The second-order valence-electron chi connectivity index (χ2n) is 25.8. The second kappa shape index (κ2) is 13.4. The van der Waals surface area contributed by atoms with Crippen LogP contribution in [-0.2, 0) is 42.9 Å². The molecule has 0 N–H and O–H groups in total. The molecule has 6 atom stereocenters. The Kier molecular flexibility index (Phi) is 7.63. The highest BCUT2D eigenvalue weighted by molar-refractivity contribution is 7.12. The van der Waals surface area contributed by atoms with Gasteiger partial charge in [0.1, 0.15) is 0 Å². The second-order valence-corrected chi connectivity index (χ2v) is 28.2. The van der Waals surface area contributed by atoms with E-state index in [9.17, 15) is 0 Å². The van der Waals surface area contributed by atoms with Crippen LogP contribution in [0.3, 0.4) is 0 Å². The van der Waals surface area contributed by atoms with Crippen molar-refractivity contribution in [3.05, 3.63) is 124 Å². The van der Waals surface area contributed by atoms with Gasteiger partial charge in [-0.05, 0) is 223 Å². The first-order chi connectivity index (χ1) is 36.0. The number of benzene rings is 6. The van der Waals surface area contributed by atoms with Gasteiger partial charge in [-0.15, -0.1) is 22.7 Å². The summed E-state index contributed by atoms with van der Waals surface area (Å²) in [5, 5.41) is 28.6. The minimum absolute atomic E-state index is 0.0101. The average Bonchev–Trinajstić information content (AvgIpc) is 4.43. The summed E-state index contributed by atoms with van der Waals surface area (Å²) in [6.45, 7) is 9.50. The van der Waals surface area contributed by atoms with E-state index < -0.39 is 0 Å². The van der Waals surface area contributed by atoms with Gasteiger partial charge in [-0.1, -0.05) is 142 Å². The molecule has 8 aliphatic rings. The van der Waals surface area contributed by atoms with Crippen LogP contribution in [0.25, 0.3) is 97.8 Å². The van der Waals surface area contributed by atoms with Gasteiger partial charge in [-0.3, -0.25) is 0 Å². The van der Waals surface area contributed by atoms with Crippen LogP contribution in [0.15, 0.2) is 54.6 Å². The van der Waals surface area contributed by atoms with Crippen LogP contribution < -0.4 is 5.22 Å². The van der Waals surface area contributed by atoms with Gasteiger partial charge in [-0.2, -0.15) is 0 Å². The fourth-order valence-corrected chi connectivity index (χ4v) is 23.5. The van der Waals surface area contributed by atoms with Crippen molar-refractivity contribution < 1.29 is 0 Å². The first-order valence-electron chi connectivity index (χ1n) is 30.0. The molecule has 8 aliphatic carbocycles. The lowest BCUT2D eigenvalue weighted by Crippen LogP contribution is -2.40. The maximum atomic E-state index is 3.05. The maximum Gasteiger partial charge on any atom is 0.0444 e. The molecule has 0 aliphatic heterocycles. The Labute approximate surface area is 437 Å². The molecule has 0 nitrogen and oxygen atoms in total. The molecule has 2 heteroatoms. The molecule has 1 saturated carbocycles. The molecule has 362 valence electrons. The Bertz CT molecular complexity index is 4390. The van der Waals surface area contributed by atoms with Gasteiger partial charge in [0, 0.05) is 53.0 Å². The first kappa shape index (κ1) is 41.5. The van der Waals surface area contributed by atoms with Crippen molar-refractivity contribution in [1.29, 1.82) is 0 Å². The van der Waals surface area contributed by atoms with E-state index in [0.717, 1.165) is 19.3 Å². The SMILES string of the molecule is CCCCCCCCCC(c1ccc(CC)s1)C12C=C3Cc4cc5c6c7c8c9c%10c(c3c4c69)C1c1c3c(cc4cc6cc9c(c%11c6c(c43)c(c1%10)c%118)C71C(C=9)(C5)C1(CCCCCCCCC)c1ccc(CC)s1)C2. The first-order valence-corrected chi connectivity index (χ1v) is 31.6. The lowest BCUT2D eigenvalue weighted by Gasteiger charge is -2.50.